The Morgan fingerprint density at radius 2 is 0.967 bits per heavy atom. The normalized spacial score (nSPS) is 37.5. The van der Waals surface area contributed by atoms with Crippen LogP contribution in [0.2, 0.25) is 0 Å². The third-order valence-electron chi connectivity index (χ3n) is 7.30. The molecule has 0 heterocycles. The standard InChI is InChI=1S/C22H28N2O6/c25-19(15-11-3-5-13(9-11)17(15)21(27)28)23-7-1-2-8-24-20(26)16-12-4-6-14(10-12)18(16)22(29)30/h3-6,11-18H,1-2,7-10H2,(H,23,25)(H,24,26)(H,27,28)(H,29,30)/t11-,12+,13+,14-,15-,16+,17+,18-. The van der Waals surface area contributed by atoms with Crippen molar-refractivity contribution in [2.75, 3.05) is 13.1 Å². The summed E-state index contributed by atoms with van der Waals surface area (Å²) in [5.74, 6) is -4.61. The van der Waals surface area contributed by atoms with Gasteiger partial charge < -0.3 is 20.8 Å². The maximum absolute atomic E-state index is 12.5. The van der Waals surface area contributed by atoms with Gasteiger partial charge in [-0.15, -0.1) is 0 Å². The number of allylic oxidation sites excluding steroid dienone is 4. The fraction of sp³-hybridized carbons (Fsp3) is 0.636. The quantitative estimate of drug-likeness (QED) is 0.328. The SMILES string of the molecule is O=C(O)[C@@H]1[C@H](C(=O)NCCCCNC(=O)[C@@H]2[C@H](C(=O)O)[C@@H]3C=C[C@H]2C3)[C@@H]2C=C[C@H]1C2. The van der Waals surface area contributed by atoms with Crippen LogP contribution in [0, 0.1) is 47.3 Å². The molecule has 162 valence electrons. The highest BCUT2D eigenvalue weighted by Gasteiger charge is 2.52. The number of carboxylic acid groups (broad SMARTS) is 2. The molecule has 4 rings (SSSR count). The number of nitrogens with one attached hydrogen (secondary N) is 2. The number of unbranched alkanes of at least 4 members (excludes halogenated alkanes) is 1. The predicted octanol–water partition coefficient (Wildman–Crippen LogP) is 1.04. The zero-order valence-corrected chi connectivity index (χ0v) is 16.7. The number of hydrogen-bond acceptors (Lipinski definition) is 4. The molecular weight excluding hydrogens is 388 g/mol. The first-order valence-electron chi connectivity index (χ1n) is 10.8. The summed E-state index contributed by atoms with van der Waals surface area (Å²) in [5.41, 5.74) is 0. The summed E-state index contributed by atoms with van der Waals surface area (Å²) in [6, 6.07) is 0. The van der Waals surface area contributed by atoms with Crippen LogP contribution in [-0.4, -0.2) is 47.1 Å². The van der Waals surface area contributed by atoms with E-state index < -0.39 is 35.6 Å². The highest BCUT2D eigenvalue weighted by Crippen LogP contribution is 2.49. The molecule has 30 heavy (non-hydrogen) atoms. The Hall–Kier alpha value is -2.64. The van der Waals surface area contributed by atoms with Crippen molar-refractivity contribution in [2.45, 2.75) is 25.7 Å². The summed E-state index contributed by atoms with van der Waals surface area (Å²) in [6.07, 6.45) is 10.5. The van der Waals surface area contributed by atoms with Gasteiger partial charge >= 0.3 is 11.9 Å². The topological polar surface area (TPSA) is 133 Å². The molecule has 0 aromatic heterocycles. The van der Waals surface area contributed by atoms with Crippen LogP contribution in [0.25, 0.3) is 0 Å². The molecule has 4 aliphatic rings. The number of amides is 2. The molecule has 2 amide bonds. The molecule has 8 atom stereocenters. The number of fused-ring (bicyclic) bond motifs is 4. The molecule has 4 N–H and O–H groups in total. The third-order valence-corrected chi connectivity index (χ3v) is 7.30. The molecule has 8 heteroatoms. The van der Waals surface area contributed by atoms with Crippen molar-refractivity contribution < 1.29 is 29.4 Å². The summed E-state index contributed by atoms with van der Waals surface area (Å²) in [7, 11) is 0. The van der Waals surface area contributed by atoms with Crippen molar-refractivity contribution in [1.29, 1.82) is 0 Å². The molecule has 0 aliphatic heterocycles. The first kappa shape index (κ1) is 20.6. The first-order valence-corrected chi connectivity index (χ1v) is 10.8. The second-order valence-electron chi connectivity index (χ2n) is 8.97. The summed E-state index contributed by atoms with van der Waals surface area (Å²) in [4.78, 5) is 48.0. The Balaban J connectivity index is 1.17. The number of hydrogen-bond donors (Lipinski definition) is 4. The summed E-state index contributed by atoms with van der Waals surface area (Å²) in [5, 5.41) is 24.6. The maximum Gasteiger partial charge on any atom is 0.307 e. The van der Waals surface area contributed by atoms with Crippen molar-refractivity contribution in [2.24, 2.45) is 47.3 Å². The molecule has 0 aromatic carbocycles. The lowest BCUT2D eigenvalue weighted by Gasteiger charge is -2.24. The number of carbonyl (C=O) groups is 4. The third kappa shape index (κ3) is 3.63. The van der Waals surface area contributed by atoms with Gasteiger partial charge in [0.15, 0.2) is 0 Å². The van der Waals surface area contributed by atoms with Crippen molar-refractivity contribution in [3.63, 3.8) is 0 Å². The average Bonchev–Trinajstić information content (AvgIpc) is 3.48. The van der Waals surface area contributed by atoms with Crippen molar-refractivity contribution in [3.05, 3.63) is 24.3 Å². The highest BCUT2D eigenvalue weighted by atomic mass is 16.4. The van der Waals surface area contributed by atoms with Crippen molar-refractivity contribution in [3.8, 4) is 0 Å². The fourth-order valence-electron chi connectivity index (χ4n) is 5.94. The molecule has 0 aromatic rings. The monoisotopic (exact) mass is 416 g/mol. The molecule has 0 unspecified atom stereocenters. The van der Waals surface area contributed by atoms with Gasteiger partial charge in [-0.2, -0.15) is 0 Å². The Morgan fingerprint density at radius 3 is 1.30 bits per heavy atom. The lowest BCUT2D eigenvalue weighted by atomic mass is 9.82. The van der Waals surface area contributed by atoms with Gasteiger partial charge in [-0.3, -0.25) is 19.2 Å². The minimum atomic E-state index is -0.912. The van der Waals surface area contributed by atoms with Crippen molar-refractivity contribution >= 4 is 23.8 Å². The van der Waals surface area contributed by atoms with Gasteiger partial charge in [0, 0.05) is 13.1 Å². The van der Waals surface area contributed by atoms with Gasteiger partial charge in [-0.25, -0.2) is 0 Å². The molecule has 8 nitrogen and oxygen atoms in total. The number of carboxylic acids is 2. The van der Waals surface area contributed by atoms with Crippen LogP contribution in [0.5, 0.6) is 0 Å². The van der Waals surface area contributed by atoms with E-state index in [9.17, 15) is 29.4 Å². The van der Waals surface area contributed by atoms with E-state index in [4.69, 9.17) is 0 Å². The maximum atomic E-state index is 12.5. The van der Waals surface area contributed by atoms with Gasteiger partial charge in [-0.1, -0.05) is 24.3 Å². The molecular formula is C22H28N2O6. The van der Waals surface area contributed by atoms with Crippen LogP contribution in [0.15, 0.2) is 24.3 Å². The van der Waals surface area contributed by atoms with Crippen LogP contribution < -0.4 is 10.6 Å². The van der Waals surface area contributed by atoms with E-state index in [-0.39, 0.29) is 35.5 Å². The smallest absolute Gasteiger partial charge is 0.307 e. The number of carbonyl (C=O) groups excluding carboxylic acids is 2. The average molecular weight is 416 g/mol. The molecule has 0 spiro atoms. The van der Waals surface area contributed by atoms with E-state index in [0.717, 1.165) is 12.8 Å². The Kier molecular flexibility index (Phi) is 5.66. The van der Waals surface area contributed by atoms with E-state index in [1.165, 1.54) is 0 Å². The van der Waals surface area contributed by atoms with Gasteiger partial charge in [0.2, 0.25) is 11.8 Å². The van der Waals surface area contributed by atoms with E-state index >= 15 is 0 Å². The van der Waals surface area contributed by atoms with Gasteiger partial charge in [0.1, 0.15) is 0 Å². The molecule has 2 fully saturated rings. The van der Waals surface area contributed by atoms with Crippen LogP contribution >= 0.6 is 0 Å². The fourth-order valence-corrected chi connectivity index (χ4v) is 5.94. The van der Waals surface area contributed by atoms with Crippen LogP contribution in [0.3, 0.4) is 0 Å². The van der Waals surface area contributed by atoms with E-state index in [0.29, 0.717) is 25.9 Å². The Labute approximate surface area is 174 Å². The van der Waals surface area contributed by atoms with Crippen LogP contribution in [0.4, 0.5) is 0 Å². The lowest BCUT2D eigenvalue weighted by Crippen LogP contribution is -2.41. The zero-order chi connectivity index (χ0) is 21.4. The van der Waals surface area contributed by atoms with Crippen LogP contribution in [-0.2, 0) is 19.2 Å². The lowest BCUT2D eigenvalue weighted by molar-refractivity contribution is -0.148. The molecule has 4 aliphatic carbocycles. The minimum Gasteiger partial charge on any atom is -0.481 e. The van der Waals surface area contributed by atoms with E-state index in [1.807, 2.05) is 24.3 Å². The van der Waals surface area contributed by atoms with Crippen molar-refractivity contribution in [1.82, 2.24) is 10.6 Å². The Bertz CT molecular complexity index is 739. The second-order valence-corrected chi connectivity index (χ2v) is 8.97. The predicted molar refractivity (Wildman–Crippen MR) is 106 cm³/mol. The summed E-state index contributed by atoms with van der Waals surface area (Å²) in [6.45, 7) is 0.848. The summed E-state index contributed by atoms with van der Waals surface area (Å²) < 4.78 is 0. The Morgan fingerprint density at radius 1 is 0.633 bits per heavy atom. The molecule has 4 bridgehead atoms. The van der Waals surface area contributed by atoms with Gasteiger partial charge in [0.05, 0.1) is 23.7 Å². The second kappa shape index (κ2) is 8.24. The molecule has 0 radical (unpaired) electrons. The minimum absolute atomic E-state index is 0.00774. The largest absolute Gasteiger partial charge is 0.481 e. The zero-order valence-electron chi connectivity index (χ0n) is 16.7. The molecule has 2 saturated carbocycles. The summed E-state index contributed by atoms with van der Waals surface area (Å²) >= 11 is 0. The van der Waals surface area contributed by atoms with Gasteiger partial charge in [0.25, 0.3) is 0 Å². The first-order chi connectivity index (χ1) is 14.4. The number of rotatable bonds is 9. The number of aliphatic carboxylic acids is 2. The molecule has 0 saturated heterocycles. The van der Waals surface area contributed by atoms with E-state index in [2.05, 4.69) is 10.6 Å². The van der Waals surface area contributed by atoms with Crippen LogP contribution in [0.1, 0.15) is 25.7 Å². The van der Waals surface area contributed by atoms with Gasteiger partial charge in [-0.05, 0) is 49.4 Å². The van der Waals surface area contributed by atoms with E-state index in [1.54, 1.807) is 0 Å². The highest BCUT2D eigenvalue weighted by molar-refractivity contribution is 5.87.